The van der Waals surface area contributed by atoms with Gasteiger partial charge in [-0.1, -0.05) is 0 Å². The van der Waals surface area contributed by atoms with E-state index in [1.54, 1.807) is 0 Å². The summed E-state index contributed by atoms with van der Waals surface area (Å²) in [6, 6.07) is 0.337. The van der Waals surface area contributed by atoms with Crippen LogP contribution >= 0.6 is 0 Å². The molecule has 2 fully saturated rings. The molecule has 2 aliphatic rings. The lowest BCUT2D eigenvalue weighted by atomic mass is 9.96. The highest BCUT2D eigenvalue weighted by Crippen LogP contribution is 2.26. The molecule has 0 spiro atoms. The van der Waals surface area contributed by atoms with Crippen LogP contribution < -0.4 is 0 Å². The van der Waals surface area contributed by atoms with Crippen molar-refractivity contribution in [3.63, 3.8) is 0 Å². The smallest absolute Gasteiger partial charge is 0.410 e. The molecule has 0 N–H and O–H groups in total. The molecule has 0 saturated carbocycles. The van der Waals surface area contributed by atoms with Crippen LogP contribution in [0.25, 0.3) is 0 Å². The van der Waals surface area contributed by atoms with Gasteiger partial charge in [-0.3, -0.25) is 0 Å². The van der Waals surface area contributed by atoms with E-state index in [0.717, 1.165) is 25.8 Å². The number of carbonyl (C=O) groups is 1. The van der Waals surface area contributed by atoms with Crippen molar-refractivity contribution >= 4 is 6.09 Å². The summed E-state index contributed by atoms with van der Waals surface area (Å²) in [5.41, 5.74) is 0. The molecule has 0 radical (unpaired) electrons. The van der Waals surface area contributed by atoms with Crippen LogP contribution in [0.3, 0.4) is 0 Å². The number of cyclic esters (lactones) is 1. The van der Waals surface area contributed by atoms with Crippen LogP contribution in [0.5, 0.6) is 0 Å². The molecule has 4 nitrogen and oxygen atoms in total. The van der Waals surface area contributed by atoms with Gasteiger partial charge in [0.25, 0.3) is 0 Å². The second-order valence-corrected chi connectivity index (χ2v) is 4.58. The predicted octanol–water partition coefficient (Wildman–Crippen LogP) is 1.78. The standard InChI is InChI=1S/C11H19NO3/c1-8(2)15-10-3-5-12-9(7-10)4-6-14-11(12)13/h8-10H,3-7H2,1-2H3/t9-,10+/m1/s1. The normalized spacial score (nSPS) is 31.4. The number of fused-ring (bicyclic) bond motifs is 1. The molecular weight excluding hydrogens is 194 g/mol. The number of rotatable bonds is 2. The fraction of sp³-hybridized carbons (Fsp3) is 0.909. The zero-order valence-electron chi connectivity index (χ0n) is 9.44. The third-order valence-corrected chi connectivity index (χ3v) is 3.04. The number of nitrogens with zero attached hydrogens (tertiary/aromatic N) is 1. The highest BCUT2D eigenvalue weighted by atomic mass is 16.6. The van der Waals surface area contributed by atoms with Crippen molar-refractivity contribution in [1.82, 2.24) is 4.90 Å². The van der Waals surface area contributed by atoms with Crippen LogP contribution in [0, 0.1) is 0 Å². The van der Waals surface area contributed by atoms with Crippen molar-refractivity contribution in [2.45, 2.75) is 51.4 Å². The van der Waals surface area contributed by atoms with Gasteiger partial charge >= 0.3 is 6.09 Å². The molecule has 2 aliphatic heterocycles. The van der Waals surface area contributed by atoms with Gasteiger partial charge in [0, 0.05) is 19.0 Å². The van der Waals surface area contributed by atoms with Crippen LogP contribution in [0.1, 0.15) is 33.1 Å². The van der Waals surface area contributed by atoms with Gasteiger partial charge in [0.1, 0.15) is 0 Å². The molecule has 86 valence electrons. The Morgan fingerprint density at radius 1 is 1.47 bits per heavy atom. The van der Waals surface area contributed by atoms with Crippen molar-refractivity contribution in [3.05, 3.63) is 0 Å². The summed E-state index contributed by atoms with van der Waals surface area (Å²) in [5, 5.41) is 0. The van der Waals surface area contributed by atoms with E-state index in [4.69, 9.17) is 9.47 Å². The van der Waals surface area contributed by atoms with Crippen molar-refractivity contribution in [2.24, 2.45) is 0 Å². The molecule has 0 aromatic rings. The van der Waals surface area contributed by atoms with E-state index >= 15 is 0 Å². The lowest BCUT2D eigenvalue weighted by Gasteiger charge is -2.41. The fourth-order valence-electron chi connectivity index (χ4n) is 2.40. The van der Waals surface area contributed by atoms with Crippen LogP contribution in [0.4, 0.5) is 4.79 Å². The van der Waals surface area contributed by atoms with Gasteiger partial charge in [0.15, 0.2) is 0 Å². The van der Waals surface area contributed by atoms with Crippen LogP contribution in [0.2, 0.25) is 0 Å². The first-order valence-electron chi connectivity index (χ1n) is 5.75. The molecule has 2 heterocycles. The van der Waals surface area contributed by atoms with E-state index in [1.165, 1.54) is 0 Å². The van der Waals surface area contributed by atoms with Gasteiger partial charge in [0.2, 0.25) is 0 Å². The average Bonchev–Trinajstić information content (AvgIpc) is 2.17. The second kappa shape index (κ2) is 4.39. The minimum absolute atomic E-state index is 0.144. The highest BCUT2D eigenvalue weighted by Gasteiger charge is 2.35. The fourth-order valence-corrected chi connectivity index (χ4v) is 2.40. The Balaban J connectivity index is 1.91. The lowest BCUT2D eigenvalue weighted by molar-refractivity contribution is -0.0565. The summed E-state index contributed by atoms with van der Waals surface area (Å²) in [6.45, 7) is 5.46. The minimum Gasteiger partial charge on any atom is -0.449 e. The number of ether oxygens (including phenoxy) is 2. The third kappa shape index (κ3) is 2.43. The Bertz CT molecular complexity index is 242. The maximum absolute atomic E-state index is 11.4. The zero-order valence-corrected chi connectivity index (χ0v) is 9.44. The van der Waals surface area contributed by atoms with Crippen molar-refractivity contribution < 1.29 is 14.3 Å². The Labute approximate surface area is 90.5 Å². The van der Waals surface area contributed by atoms with Crippen molar-refractivity contribution in [3.8, 4) is 0 Å². The summed E-state index contributed by atoms with van der Waals surface area (Å²) in [4.78, 5) is 13.3. The molecule has 0 aliphatic carbocycles. The zero-order chi connectivity index (χ0) is 10.8. The molecule has 2 rings (SSSR count). The largest absolute Gasteiger partial charge is 0.449 e. The Kier molecular flexibility index (Phi) is 3.14. The topological polar surface area (TPSA) is 38.8 Å². The van der Waals surface area contributed by atoms with Crippen LogP contribution in [-0.2, 0) is 9.47 Å². The molecule has 1 amide bonds. The summed E-state index contributed by atoms with van der Waals surface area (Å²) < 4.78 is 10.8. The quantitative estimate of drug-likeness (QED) is 0.702. The highest BCUT2D eigenvalue weighted by molar-refractivity contribution is 5.68. The first kappa shape index (κ1) is 10.7. The van der Waals surface area contributed by atoms with Crippen molar-refractivity contribution in [1.29, 1.82) is 0 Å². The number of piperidine rings is 1. The molecule has 2 saturated heterocycles. The minimum atomic E-state index is -0.144. The molecule has 0 aromatic heterocycles. The van der Waals surface area contributed by atoms with E-state index in [1.807, 2.05) is 4.90 Å². The van der Waals surface area contributed by atoms with E-state index in [0.29, 0.717) is 18.8 Å². The Hall–Kier alpha value is -0.770. The number of carbonyl (C=O) groups excluding carboxylic acids is 1. The molecule has 0 unspecified atom stereocenters. The number of amides is 1. The lowest BCUT2D eigenvalue weighted by Crippen LogP contribution is -2.52. The second-order valence-electron chi connectivity index (χ2n) is 4.58. The Morgan fingerprint density at radius 2 is 2.27 bits per heavy atom. The SMILES string of the molecule is CC(C)O[C@H]1CCN2C(=O)OCC[C@@H]2C1. The van der Waals surface area contributed by atoms with Gasteiger partial charge in [-0.2, -0.15) is 0 Å². The van der Waals surface area contributed by atoms with Crippen molar-refractivity contribution in [2.75, 3.05) is 13.2 Å². The van der Waals surface area contributed by atoms with Gasteiger partial charge < -0.3 is 14.4 Å². The predicted molar refractivity (Wildman–Crippen MR) is 55.7 cm³/mol. The van der Waals surface area contributed by atoms with E-state index in [-0.39, 0.29) is 12.2 Å². The van der Waals surface area contributed by atoms with Gasteiger partial charge in [-0.25, -0.2) is 4.79 Å². The van der Waals surface area contributed by atoms with Crippen LogP contribution in [-0.4, -0.2) is 42.4 Å². The van der Waals surface area contributed by atoms with Crippen LogP contribution in [0.15, 0.2) is 0 Å². The average molecular weight is 213 g/mol. The first-order valence-corrected chi connectivity index (χ1v) is 5.75. The number of hydrogen-bond donors (Lipinski definition) is 0. The molecular formula is C11H19NO3. The maximum Gasteiger partial charge on any atom is 0.410 e. The number of hydrogen-bond acceptors (Lipinski definition) is 3. The van der Waals surface area contributed by atoms with E-state index in [9.17, 15) is 4.79 Å². The van der Waals surface area contributed by atoms with Gasteiger partial charge in [-0.15, -0.1) is 0 Å². The van der Waals surface area contributed by atoms with Gasteiger partial charge in [-0.05, 0) is 26.7 Å². The van der Waals surface area contributed by atoms with Gasteiger partial charge in [0.05, 0.1) is 18.8 Å². The van der Waals surface area contributed by atoms with E-state index in [2.05, 4.69) is 13.8 Å². The molecule has 4 heteroatoms. The maximum atomic E-state index is 11.4. The molecule has 15 heavy (non-hydrogen) atoms. The first-order chi connectivity index (χ1) is 7.16. The molecule has 0 aromatic carbocycles. The summed E-state index contributed by atoms with van der Waals surface area (Å²) in [7, 11) is 0. The molecule has 2 atom stereocenters. The van der Waals surface area contributed by atoms with E-state index < -0.39 is 0 Å². The molecule has 0 bridgehead atoms. The summed E-state index contributed by atoms with van der Waals surface area (Å²) in [5.74, 6) is 0. The Morgan fingerprint density at radius 3 is 3.00 bits per heavy atom. The monoisotopic (exact) mass is 213 g/mol. The summed E-state index contributed by atoms with van der Waals surface area (Å²) >= 11 is 0. The summed E-state index contributed by atoms with van der Waals surface area (Å²) in [6.07, 6.45) is 3.30. The third-order valence-electron chi connectivity index (χ3n) is 3.04.